The Balaban J connectivity index is 2.27. The van der Waals surface area contributed by atoms with Crippen LogP contribution < -0.4 is 10.9 Å². The minimum atomic E-state index is -0.157. The van der Waals surface area contributed by atoms with Gasteiger partial charge in [0, 0.05) is 19.0 Å². The molecule has 0 spiro atoms. The molecule has 0 radical (unpaired) electrons. The lowest BCUT2D eigenvalue weighted by Gasteiger charge is -2.05. The molecule has 0 atom stereocenters. The quantitative estimate of drug-likeness (QED) is 0.911. The van der Waals surface area contributed by atoms with Gasteiger partial charge in [0.2, 0.25) is 0 Å². The number of aromatic nitrogens is 2. The molecule has 19 heavy (non-hydrogen) atoms. The highest BCUT2D eigenvalue weighted by molar-refractivity contribution is 6.42. The van der Waals surface area contributed by atoms with Crippen LogP contribution in [0.3, 0.4) is 0 Å². The van der Waals surface area contributed by atoms with E-state index in [0.29, 0.717) is 34.5 Å². The highest BCUT2D eigenvalue weighted by Gasteiger charge is 2.04. The first-order chi connectivity index (χ1) is 9.08. The van der Waals surface area contributed by atoms with Gasteiger partial charge >= 0.3 is 0 Å². The van der Waals surface area contributed by atoms with Crippen molar-refractivity contribution >= 4 is 23.2 Å². The van der Waals surface area contributed by atoms with Crippen molar-refractivity contribution in [2.45, 2.75) is 13.0 Å². The molecule has 6 heteroatoms. The first kappa shape index (κ1) is 14.1. The molecule has 0 aliphatic heterocycles. The summed E-state index contributed by atoms with van der Waals surface area (Å²) >= 11 is 11.8. The van der Waals surface area contributed by atoms with Crippen LogP contribution in [0.2, 0.25) is 10.0 Å². The highest BCUT2D eigenvalue weighted by atomic mass is 35.5. The molecular weight excluding hydrogens is 285 g/mol. The highest BCUT2D eigenvalue weighted by Crippen LogP contribution is 2.23. The van der Waals surface area contributed by atoms with Crippen molar-refractivity contribution < 1.29 is 0 Å². The van der Waals surface area contributed by atoms with Crippen LogP contribution >= 0.6 is 23.2 Å². The number of hydrogen-bond donors (Lipinski definition) is 2. The molecular formula is C13H13Cl2N3O. The normalized spacial score (nSPS) is 10.7. The van der Waals surface area contributed by atoms with Crippen molar-refractivity contribution in [3.8, 4) is 0 Å². The molecule has 0 aliphatic rings. The second-order valence-corrected chi connectivity index (χ2v) is 4.95. The fourth-order valence-electron chi connectivity index (χ4n) is 1.76. The van der Waals surface area contributed by atoms with Crippen molar-refractivity contribution in [1.29, 1.82) is 0 Å². The monoisotopic (exact) mass is 297 g/mol. The van der Waals surface area contributed by atoms with E-state index < -0.39 is 0 Å². The Morgan fingerprint density at radius 1 is 1.26 bits per heavy atom. The standard InChI is InChI=1S/C13H13Cl2N3O/c1-16-7-9-6-13(19)18-12(17-9)5-8-2-3-10(14)11(15)4-8/h2-4,6,16H,5,7H2,1H3,(H,17,18,19). The van der Waals surface area contributed by atoms with Gasteiger partial charge in [-0.3, -0.25) is 4.79 Å². The Bertz CT molecular complexity index is 640. The number of rotatable bonds is 4. The molecule has 100 valence electrons. The minimum Gasteiger partial charge on any atom is -0.314 e. The van der Waals surface area contributed by atoms with Crippen molar-refractivity contribution in [2.24, 2.45) is 0 Å². The van der Waals surface area contributed by atoms with Gasteiger partial charge < -0.3 is 10.3 Å². The zero-order chi connectivity index (χ0) is 13.8. The molecule has 4 nitrogen and oxygen atoms in total. The van der Waals surface area contributed by atoms with E-state index in [1.807, 2.05) is 13.1 Å². The number of hydrogen-bond acceptors (Lipinski definition) is 3. The van der Waals surface area contributed by atoms with Gasteiger partial charge in [0.15, 0.2) is 0 Å². The fraction of sp³-hybridized carbons (Fsp3) is 0.231. The molecule has 0 saturated heterocycles. The third-order valence-electron chi connectivity index (χ3n) is 2.56. The van der Waals surface area contributed by atoms with E-state index >= 15 is 0 Å². The van der Waals surface area contributed by atoms with E-state index in [-0.39, 0.29) is 5.56 Å². The van der Waals surface area contributed by atoms with Crippen molar-refractivity contribution in [1.82, 2.24) is 15.3 Å². The van der Waals surface area contributed by atoms with Crippen LogP contribution in [0, 0.1) is 0 Å². The predicted molar refractivity (Wildman–Crippen MR) is 76.9 cm³/mol. The average molecular weight is 298 g/mol. The summed E-state index contributed by atoms with van der Waals surface area (Å²) in [5.41, 5.74) is 1.50. The number of nitrogens with one attached hydrogen (secondary N) is 2. The van der Waals surface area contributed by atoms with E-state index in [1.165, 1.54) is 6.07 Å². The maximum atomic E-state index is 11.5. The second-order valence-electron chi connectivity index (χ2n) is 4.14. The van der Waals surface area contributed by atoms with Gasteiger partial charge in [-0.15, -0.1) is 0 Å². The van der Waals surface area contributed by atoms with Crippen LogP contribution in [0.1, 0.15) is 17.1 Å². The molecule has 0 aliphatic carbocycles. The van der Waals surface area contributed by atoms with Gasteiger partial charge in [0.25, 0.3) is 5.56 Å². The molecule has 0 fully saturated rings. The molecule has 1 aromatic heterocycles. The molecule has 1 aromatic carbocycles. The second kappa shape index (κ2) is 6.19. The van der Waals surface area contributed by atoms with Crippen LogP contribution in [0.4, 0.5) is 0 Å². The van der Waals surface area contributed by atoms with Crippen LogP contribution in [0.15, 0.2) is 29.1 Å². The number of H-pyrrole nitrogens is 1. The molecule has 2 aromatic rings. The molecule has 0 amide bonds. The lowest BCUT2D eigenvalue weighted by molar-refractivity contribution is 0.767. The maximum absolute atomic E-state index is 11.5. The van der Waals surface area contributed by atoms with Gasteiger partial charge in [-0.1, -0.05) is 29.3 Å². The van der Waals surface area contributed by atoms with Crippen molar-refractivity contribution in [2.75, 3.05) is 7.05 Å². The lowest BCUT2D eigenvalue weighted by atomic mass is 10.1. The predicted octanol–water partition coefficient (Wildman–Crippen LogP) is 2.39. The largest absolute Gasteiger partial charge is 0.314 e. The van der Waals surface area contributed by atoms with Crippen LogP contribution in [0.5, 0.6) is 0 Å². The summed E-state index contributed by atoms with van der Waals surface area (Å²) < 4.78 is 0. The van der Waals surface area contributed by atoms with Crippen molar-refractivity contribution in [3.05, 3.63) is 61.7 Å². The third kappa shape index (κ3) is 3.80. The summed E-state index contributed by atoms with van der Waals surface area (Å²) in [4.78, 5) is 18.6. The van der Waals surface area contributed by atoms with Gasteiger partial charge in [-0.05, 0) is 24.7 Å². The minimum absolute atomic E-state index is 0.157. The summed E-state index contributed by atoms with van der Waals surface area (Å²) in [5, 5.41) is 3.97. The van der Waals surface area contributed by atoms with Gasteiger partial charge in [-0.2, -0.15) is 0 Å². The van der Waals surface area contributed by atoms with E-state index in [9.17, 15) is 4.79 Å². The molecule has 2 N–H and O–H groups in total. The molecule has 2 rings (SSSR count). The van der Waals surface area contributed by atoms with Crippen LogP contribution in [-0.2, 0) is 13.0 Å². The topological polar surface area (TPSA) is 57.8 Å². The summed E-state index contributed by atoms with van der Waals surface area (Å²) in [6.07, 6.45) is 0.504. The molecule has 0 saturated carbocycles. The molecule has 0 unspecified atom stereocenters. The summed E-state index contributed by atoms with van der Waals surface area (Å²) in [6, 6.07) is 6.84. The first-order valence-electron chi connectivity index (χ1n) is 5.76. The summed E-state index contributed by atoms with van der Waals surface area (Å²) in [5.74, 6) is 0.608. The number of halogens is 2. The van der Waals surface area contributed by atoms with Crippen LogP contribution in [0.25, 0.3) is 0 Å². The Morgan fingerprint density at radius 3 is 2.74 bits per heavy atom. The number of benzene rings is 1. The number of aromatic amines is 1. The zero-order valence-corrected chi connectivity index (χ0v) is 11.8. The Labute approximate surface area is 120 Å². The molecule has 0 bridgehead atoms. The van der Waals surface area contributed by atoms with E-state index in [2.05, 4.69) is 15.3 Å². The Kier molecular flexibility index (Phi) is 4.58. The van der Waals surface area contributed by atoms with Gasteiger partial charge in [0.05, 0.1) is 15.7 Å². The Morgan fingerprint density at radius 2 is 2.05 bits per heavy atom. The summed E-state index contributed by atoms with van der Waals surface area (Å²) in [6.45, 7) is 0.554. The fourth-order valence-corrected chi connectivity index (χ4v) is 2.08. The third-order valence-corrected chi connectivity index (χ3v) is 3.30. The lowest BCUT2D eigenvalue weighted by Crippen LogP contribution is -2.16. The maximum Gasteiger partial charge on any atom is 0.251 e. The van der Waals surface area contributed by atoms with E-state index in [4.69, 9.17) is 23.2 Å². The summed E-state index contributed by atoms with van der Waals surface area (Å²) in [7, 11) is 1.81. The average Bonchev–Trinajstić information content (AvgIpc) is 2.33. The Hall–Kier alpha value is -1.36. The van der Waals surface area contributed by atoms with Gasteiger partial charge in [0.1, 0.15) is 5.82 Å². The number of nitrogens with zero attached hydrogens (tertiary/aromatic N) is 1. The smallest absolute Gasteiger partial charge is 0.251 e. The van der Waals surface area contributed by atoms with E-state index in [1.54, 1.807) is 12.1 Å². The molecule has 1 heterocycles. The van der Waals surface area contributed by atoms with Crippen molar-refractivity contribution in [3.63, 3.8) is 0 Å². The van der Waals surface area contributed by atoms with E-state index in [0.717, 1.165) is 5.56 Å². The van der Waals surface area contributed by atoms with Crippen LogP contribution in [-0.4, -0.2) is 17.0 Å². The van der Waals surface area contributed by atoms with Gasteiger partial charge in [-0.25, -0.2) is 4.98 Å². The SMILES string of the molecule is CNCc1cc(=O)[nH]c(Cc2ccc(Cl)c(Cl)c2)n1. The first-order valence-corrected chi connectivity index (χ1v) is 6.51. The zero-order valence-electron chi connectivity index (χ0n) is 10.3.